The number of carbonyl (C=O) groups excluding carboxylic acids is 1. The first-order chi connectivity index (χ1) is 7.93. The number of nitrogens with zero attached hydrogens (tertiary/aromatic N) is 2. The van der Waals surface area contributed by atoms with Crippen molar-refractivity contribution in [1.82, 2.24) is 14.9 Å². The lowest BCUT2D eigenvalue weighted by molar-refractivity contribution is 0.0925. The normalized spacial score (nSPS) is 11.9. The van der Waals surface area contributed by atoms with E-state index in [1.165, 1.54) is 0 Å². The van der Waals surface area contributed by atoms with Gasteiger partial charge in [0.2, 0.25) is 0 Å². The largest absolute Gasteiger partial charge is 0.344 e. The van der Waals surface area contributed by atoms with Gasteiger partial charge in [0.05, 0.1) is 11.2 Å². The van der Waals surface area contributed by atoms with Crippen molar-refractivity contribution in [3.63, 3.8) is 0 Å². The summed E-state index contributed by atoms with van der Waals surface area (Å²) in [5.74, 6) is 0.0961. The summed E-state index contributed by atoms with van der Waals surface area (Å²) in [5.41, 5.74) is 0.453. The molecule has 0 aliphatic rings. The fourth-order valence-corrected chi connectivity index (χ4v) is 3.09. The number of alkyl halides is 2. The Hall–Kier alpha value is -0.0100. The SMILES string of the molecule is CC(C)c1nnsc1C(=O)NC(C)(CBr)CBr. The van der Waals surface area contributed by atoms with Crippen LogP contribution in [0.3, 0.4) is 0 Å². The van der Waals surface area contributed by atoms with E-state index >= 15 is 0 Å². The molecule has 0 aromatic carbocycles. The Morgan fingerprint density at radius 1 is 1.47 bits per heavy atom. The summed E-state index contributed by atoms with van der Waals surface area (Å²) in [6.45, 7) is 5.97. The van der Waals surface area contributed by atoms with Gasteiger partial charge in [-0.1, -0.05) is 50.2 Å². The van der Waals surface area contributed by atoms with Crippen molar-refractivity contribution < 1.29 is 4.79 Å². The topological polar surface area (TPSA) is 54.9 Å². The fourth-order valence-electron chi connectivity index (χ4n) is 1.17. The molecule has 1 N–H and O–H groups in total. The molecule has 0 unspecified atom stereocenters. The Bertz CT molecular complexity index is 391. The highest BCUT2D eigenvalue weighted by Crippen LogP contribution is 2.21. The highest BCUT2D eigenvalue weighted by molar-refractivity contribution is 9.09. The molecule has 0 saturated heterocycles. The molecule has 1 aromatic heterocycles. The standard InChI is InChI=1S/C10H15Br2N3OS/c1-6(2)7-8(17-15-14-7)9(16)13-10(3,4-11)5-12/h6H,4-5H2,1-3H3,(H,13,16). The molecule has 4 nitrogen and oxygen atoms in total. The van der Waals surface area contributed by atoms with Crippen LogP contribution >= 0.6 is 43.4 Å². The maximum Gasteiger partial charge on any atom is 0.265 e. The van der Waals surface area contributed by atoms with Gasteiger partial charge < -0.3 is 5.32 Å². The number of halogens is 2. The van der Waals surface area contributed by atoms with Crippen molar-refractivity contribution >= 4 is 49.3 Å². The van der Waals surface area contributed by atoms with Crippen molar-refractivity contribution in [2.75, 3.05) is 10.7 Å². The summed E-state index contributed by atoms with van der Waals surface area (Å²) in [6.07, 6.45) is 0. The summed E-state index contributed by atoms with van der Waals surface area (Å²) in [4.78, 5) is 12.7. The van der Waals surface area contributed by atoms with Gasteiger partial charge in [-0.3, -0.25) is 4.79 Å². The molecule has 96 valence electrons. The second-order valence-electron chi connectivity index (χ2n) is 4.42. The van der Waals surface area contributed by atoms with Crippen LogP contribution in [-0.2, 0) is 0 Å². The zero-order valence-electron chi connectivity index (χ0n) is 9.96. The number of rotatable bonds is 5. The molecule has 0 fully saturated rings. The van der Waals surface area contributed by atoms with Gasteiger partial charge in [0.15, 0.2) is 0 Å². The lowest BCUT2D eigenvalue weighted by Gasteiger charge is -2.26. The first-order valence-corrected chi connectivity index (χ1v) is 8.22. The van der Waals surface area contributed by atoms with Gasteiger partial charge in [0.1, 0.15) is 4.88 Å². The molecule has 0 atom stereocenters. The highest BCUT2D eigenvalue weighted by atomic mass is 79.9. The second-order valence-corrected chi connectivity index (χ2v) is 6.30. The average molecular weight is 385 g/mol. The van der Waals surface area contributed by atoms with Gasteiger partial charge in [-0.2, -0.15) is 0 Å². The van der Waals surface area contributed by atoms with Gasteiger partial charge in [-0.05, 0) is 24.4 Å². The number of hydrogen-bond acceptors (Lipinski definition) is 4. The minimum atomic E-state index is -0.310. The third-order valence-electron chi connectivity index (χ3n) is 2.27. The van der Waals surface area contributed by atoms with Gasteiger partial charge in [0, 0.05) is 10.7 Å². The molecule has 1 rings (SSSR count). The van der Waals surface area contributed by atoms with Crippen LogP contribution in [0.25, 0.3) is 0 Å². The molecule has 1 amide bonds. The predicted octanol–water partition coefficient (Wildman–Crippen LogP) is 2.94. The van der Waals surface area contributed by atoms with Crippen molar-refractivity contribution in [1.29, 1.82) is 0 Å². The van der Waals surface area contributed by atoms with E-state index in [0.717, 1.165) is 17.2 Å². The molecule has 1 heterocycles. The predicted molar refractivity (Wildman–Crippen MR) is 77.5 cm³/mol. The van der Waals surface area contributed by atoms with Crippen LogP contribution in [0.4, 0.5) is 0 Å². The van der Waals surface area contributed by atoms with Crippen LogP contribution in [0.1, 0.15) is 42.1 Å². The number of amides is 1. The number of nitrogens with one attached hydrogen (secondary N) is 1. The molecule has 0 spiro atoms. The zero-order chi connectivity index (χ0) is 13.1. The Labute approximate surface area is 122 Å². The Balaban J connectivity index is 2.87. The highest BCUT2D eigenvalue weighted by Gasteiger charge is 2.27. The van der Waals surface area contributed by atoms with Crippen molar-refractivity contribution in [2.45, 2.75) is 32.2 Å². The first kappa shape index (κ1) is 15.0. The van der Waals surface area contributed by atoms with Gasteiger partial charge in [-0.25, -0.2) is 0 Å². The molecule has 0 aliphatic heterocycles. The van der Waals surface area contributed by atoms with E-state index in [4.69, 9.17) is 0 Å². The van der Waals surface area contributed by atoms with Crippen LogP contribution in [0.2, 0.25) is 0 Å². The van der Waals surface area contributed by atoms with E-state index in [9.17, 15) is 4.79 Å². The van der Waals surface area contributed by atoms with Crippen LogP contribution < -0.4 is 5.32 Å². The summed E-state index contributed by atoms with van der Waals surface area (Å²) >= 11 is 7.94. The van der Waals surface area contributed by atoms with E-state index in [-0.39, 0.29) is 17.4 Å². The lowest BCUT2D eigenvalue weighted by Crippen LogP contribution is -2.49. The van der Waals surface area contributed by atoms with E-state index in [2.05, 4.69) is 46.8 Å². The van der Waals surface area contributed by atoms with Crippen LogP contribution in [0.5, 0.6) is 0 Å². The maximum atomic E-state index is 12.1. The van der Waals surface area contributed by atoms with Crippen molar-refractivity contribution in [3.05, 3.63) is 10.6 Å². The van der Waals surface area contributed by atoms with Crippen LogP contribution in [0, 0.1) is 0 Å². The number of hydrogen-bond donors (Lipinski definition) is 1. The molecule has 0 radical (unpaired) electrons. The molecular formula is C10H15Br2N3OS. The maximum absolute atomic E-state index is 12.1. The second kappa shape index (κ2) is 6.24. The van der Waals surface area contributed by atoms with Crippen LogP contribution in [-0.4, -0.2) is 31.7 Å². The van der Waals surface area contributed by atoms with E-state index in [0.29, 0.717) is 15.5 Å². The first-order valence-electron chi connectivity index (χ1n) is 5.20. The summed E-state index contributed by atoms with van der Waals surface area (Å²) in [7, 11) is 0. The lowest BCUT2D eigenvalue weighted by atomic mass is 10.1. The Morgan fingerprint density at radius 2 is 2.06 bits per heavy atom. The molecule has 7 heteroatoms. The molecule has 17 heavy (non-hydrogen) atoms. The summed E-state index contributed by atoms with van der Waals surface area (Å²) in [5, 5.41) is 8.35. The average Bonchev–Trinajstić information content (AvgIpc) is 2.77. The van der Waals surface area contributed by atoms with Crippen LogP contribution in [0.15, 0.2) is 0 Å². The minimum Gasteiger partial charge on any atom is -0.344 e. The molecule has 0 saturated carbocycles. The van der Waals surface area contributed by atoms with E-state index in [1.54, 1.807) is 0 Å². The minimum absolute atomic E-state index is 0.106. The van der Waals surface area contributed by atoms with Crippen molar-refractivity contribution in [2.24, 2.45) is 0 Å². The van der Waals surface area contributed by atoms with Gasteiger partial charge in [0.25, 0.3) is 5.91 Å². The van der Waals surface area contributed by atoms with E-state index < -0.39 is 0 Å². The Kier molecular flexibility index (Phi) is 5.53. The van der Waals surface area contributed by atoms with Gasteiger partial charge in [-0.15, -0.1) is 5.10 Å². The zero-order valence-corrected chi connectivity index (χ0v) is 13.9. The van der Waals surface area contributed by atoms with Gasteiger partial charge >= 0.3 is 0 Å². The van der Waals surface area contributed by atoms with Crippen molar-refractivity contribution in [3.8, 4) is 0 Å². The Morgan fingerprint density at radius 3 is 2.53 bits per heavy atom. The molecule has 1 aromatic rings. The number of aromatic nitrogens is 2. The summed E-state index contributed by atoms with van der Waals surface area (Å²) in [6, 6.07) is 0. The third kappa shape index (κ3) is 3.72. The number of carbonyl (C=O) groups is 1. The fraction of sp³-hybridized carbons (Fsp3) is 0.700. The third-order valence-corrected chi connectivity index (χ3v) is 5.49. The molecular weight excluding hydrogens is 370 g/mol. The van der Waals surface area contributed by atoms with E-state index in [1.807, 2.05) is 20.8 Å². The summed E-state index contributed by atoms with van der Waals surface area (Å²) < 4.78 is 3.85. The quantitative estimate of drug-likeness (QED) is 0.794. The smallest absolute Gasteiger partial charge is 0.265 e. The monoisotopic (exact) mass is 383 g/mol. The molecule has 0 aliphatic carbocycles. The molecule has 0 bridgehead atoms.